The first kappa shape index (κ1) is 23.2. The molecule has 0 radical (unpaired) electrons. The van der Waals surface area contributed by atoms with Crippen molar-refractivity contribution >= 4 is 28.8 Å². The highest BCUT2D eigenvalue weighted by atomic mass is 19.1. The van der Waals surface area contributed by atoms with Gasteiger partial charge in [-0.2, -0.15) is 0 Å². The van der Waals surface area contributed by atoms with Gasteiger partial charge in [-0.05, 0) is 84.9 Å². The standard InChI is InChI=1S/C24H28FN3O4/c1-14-8-10-17(27-21(29)31-23(2,3)4)20(26-14)19-13-15-12-16(25)9-11-18(15)28(19)22(30)32-24(5,6)7/h8-13H,1-7H3,(H,27,29). The molecule has 2 aromatic heterocycles. The fraction of sp³-hybridized carbons (Fsp3) is 0.375. The van der Waals surface area contributed by atoms with Crippen LogP contribution in [0.1, 0.15) is 47.2 Å². The van der Waals surface area contributed by atoms with E-state index in [1.807, 2.05) is 0 Å². The van der Waals surface area contributed by atoms with Crippen molar-refractivity contribution in [3.63, 3.8) is 0 Å². The lowest BCUT2D eigenvalue weighted by atomic mass is 10.2. The van der Waals surface area contributed by atoms with Crippen molar-refractivity contribution in [2.75, 3.05) is 5.32 Å². The van der Waals surface area contributed by atoms with Crippen LogP contribution in [-0.2, 0) is 9.47 Å². The molecule has 0 aliphatic carbocycles. The highest BCUT2D eigenvalue weighted by Crippen LogP contribution is 2.33. The lowest BCUT2D eigenvalue weighted by molar-refractivity contribution is 0.0546. The number of hydrogen-bond donors (Lipinski definition) is 1. The van der Waals surface area contributed by atoms with E-state index in [2.05, 4.69) is 10.3 Å². The van der Waals surface area contributed by atoms with E-state index in [-0.39, 0.29) is 0 Å². The van der Waals surface area contributed by atoms with E-state index < -0.39 is 29.2 Å². The maximum Gasteiger partial charge on any atom is 0.419 e. The molecule has 7 nitrogen and oxygen atoms in total. The average Bonchev–Trinajstić information content (AvgIpc) is 2.98. The number of halogens is 1. The van der Waals surface area contributed by atoms with Crippen LogP contribution in [0.2, 0.25) is 0 Å². The molecule has 2 heterocycles. The number of carbonyl (C=O) groups excluding carboxylic acids is 2. The van der Waals surface area contributed by atoms with E-state index in [0.717, 1.165) is 0 Å². The number of aromatic nitrogens is 2. The third kappa shape index (κ3) is 5.43. The van der Waals surface area contributed by atoms with Crippen molar-refractivity contribution < 1.29 is 23.5 Å². The first-order valence-corrected chi connectivity index (χ1v) is 10.3. The highest BCUT2D eigenvalue weighted by Gasteiger charge is 2.26. The molecule has 3 aromatic rings. The lowest BCUT2D eigenvalue weighted by Crippen LogP contribution is -2.28. The van der Waals surface area contributed by atoms with Gasteiger partial charge < -0.3 is 9.47 Å². The Balaban J connectivity index is 2.19. The summed E-state index contributed by atoms with van der Waals surface area (Å²) in [6.45, 7) is 12.4. The van der Waals surface area contributed by atoms with Gasteiger partial charge in [0.2, 0.25) is 0 Å². The number of anilines is 1. The number of nitrogens with one attached hydrogen (secondary N) is 1. The van der Waals surface area contributed by atoms with Crippen LogP contribution in [0.25, 0.3) is 22.3 Å². The highest BCUT2D eigenvalue weighted by molar-refractivity contribution is 5.99. The fourth-order valence-corrected chi connectivity index (χ4v) is 3.13. The number of ether oxygens (including phenoxy) is 2. The third-order valence-corrected chi connectivity index (χ3v) is 4.25. The summed E-state index contributed by atoms with van der Waals surface area (Å²) in [6.07, 6.45) is -1.30. The van der Waals surface area contributed by atoms with Gasteiger partial charge in [-0.25, -0.2) is 23.5 Å². The number of hydrogen-bond acceptors (Lipinski definition) is 5. The van der Waals surface area contributed by atoms with E-state index >= 15 is 0 Å². The molecule has 1 N–H and O–H groups in total. The van der Waals surface area contributed by atoms with Crippen LogP contribution in [0.5, 0.6) is 0 Å². The fourth-order valence-electron chi connectivity index (χ4n) is 3.13. The van der Waals surface area contributed by atoms with Crippen LogP contribution in [0, 0.1) is 12.7 Å². The Bertz CT molecular complexity index is 1190. The molecule has 1 amide bonds. The summed E-state index contributed by atoms with van der Waals surface area (Å²) in [5.74, 6) is -0.435. The van der Waals surface area contributed by atoms with E-state index in [9.17, 15) is 14.0 Å². The number of benzene rings is 1. The largest absolute Gasteiger partial charge is 0.444 e. The summed E-state index contributed by atoms with van der Waals surface area (Å²) in [5.41, 5.74) is 0.725. The van der Waals surface area contributed by atoms with Crippen molar-refractivity contribution in [1.29, 1.82) is 0 Å². The normalized spacial score (nSPS) is 12.0. The summed E-state index contributed by atoms with van der Waals surface area (Å²) in [6, 6.07) is 9.17. The predicted octanol–water partition coefficient (Wildman–Crippen LogP) is 6.28. The van der Waals surface area contributed by atoms with Crippen LogP contribution in [0.4, 0.5) is 19.7 Å². The summed E-state index contributed by atoms with van der Waals surface area (Å²) in [7, 11) is 0. The number of amides is 1. The molecule has 0 saturated heterocycles. The molecular weight excluding hydrogens is 413 g/mol. The number of rotatable bonds is 2. The minimum atomic E-state index is -0.747. The minimum Gasteiger partial charge on any atom is -0.444 e. The molecule has 0 aliphatic heterocycles. The van der Waals surface area contributed by atoms with Gasteiger partial charge in [0, 0.05) is 11.1 Å². The van der Waals surface area contributed by atoms with Gasteiger partial charge in [0.25, 0.3) is 0 Å². The van der Waals surface area contributed by atoms with Crippen molar-refractivity contribution in [2.24, 2.45) is 0 Å². The van der Waals surface area contributed by atoms with E-state index in [0.29, 0.717) is 33.7 Å². The number of pyridine rings is 1. The molecular formula is C24H28FN3O4. The number of carbonyl (C=O) groups is 2. The second kappa shape index (κ2) is 8.26. The summed E-state index contributed by atoms with van der Waals surface area (Å²) in [5, 5.41) is 3.20. The van der Waals surface area contributed by atoms with Crippen molar-refractivity contribution in [3.05, 3.63) is 47.9 Å². The van der Waals surface area contributed by atoms with Crippen LogP contribution in [0.3, 0.4) is 0 Å². The maximum absolute atomic E-state index is 13.9. The molecule has 0 aliphatic rings. The van der Waals surface area contributed by atoms with E-state index in [1.165, 1.54) is 22.8 Å². The van der Waals surface area contributed by atoms with Gasteiger partial charge >= 0.3 is 12.2 Å². The second-order valence-corrected chi connectivity index (χ2v) is 9.52. The Labute approximate surface area is 186 Å². The van der Waals surface area contributed by atoms with Crippen LogP contribution in [-0.4, -0.2) is 32.9 Å². The monoisotopic (exact) mass is 441 g/mol. The number of nitrogens with zero attached hydrogens (tertiary/aromatic N) is 2. The molecule has 0 saturated carbocycles. The third-order valence-electron chi connectivity index (χ3n) is 4.25. The van der Waals surface area contributed by atoms with Crippen molar-refractivity contribution in [1.82, 2.24) is 9.55 Å². The first-order chi connectivity index (χ1) is 14.7. The molecule has 0 spiro atoms. The molecule has 1 aromatic carbocycles. The van der Waals surface area contributed by atoms with Gasteiger partial charge in [0.05, 0.1) is 16.9 Å². The van der Waals surface area contributed by atoms with Crippen LogP contribution >= 0.6 is 0 Å². The van der Waals surface area contributed by atoms with Crippen LogP contribution < -0.4 is 5.32 Å². The molecule has 0 bridgehead atoms. The summed E-state index contributed by atoms with van der Waals surface area (Å²) < 4.78 is 26.2. The summed E-state index contributed by atoms with van der Waals surface area (Å²) in [4.78, 5) is 30.1. The zero-order valence-electron chi connectivity index (χ0n) is 19.4. The molecule has 3 rings (SSSR count). The minimum absolute atomic E-state index is 0.332. The van der Waals surface area contributed by atoms with Crippen molar-refractivity contribution in [3.8, 4) is 11.4 Å². The molecule has 0 unspecified atom stereocenters. The molecule has 0 atom stereocenters. The zero-order chi connectivity index (χ0) is 23.8. The Morgan fingerprint density at radius 3 is 2.25 bits per heavy atom. The van der Waals surface area contributed by atoms with Crippen LogP contribution in [0.15, 0.2) is 36.4 Å². The Kier molecular flexibility index (Phi) is 6.00. The lowest BCUT2D eigenvalue weighted by Gasteiger charge is -2.22. The van der Waals surface area contributed by atoms with Gasteiger partial charge in [-0.3, -0.25) is 5.32 Å². The molecule has 0 fully saturated rings. The van der Waals surface area contributed by atoms with Gasteiger partial charge in [0.1, 0.15) is 22.7 Å². The smallest absolute Gasteiger partial charge is 0.419 e. The van der Waals surface area contributed by atoms with E-state index in [1.54, 1.807) is 66.7 Å². The van der Waals surface area contributed by atoms with Gasteiger partial charge in [-0.1, -0.05) is 0 Å². The Hall–Kier alpha value is -3.42. The predicted molar refractivity (Wildman–Crippen MR) is 121 cm³/mol. The average molecular weight is 442 g/mol. The summed E-state index contributed by atoms with van der Waals surface area (Å²) >= 11 is 0. The molecule has 170 valence electrons. The number of fused-ring (bicyclic) bond motifs is 1. The van der Waals surface area contributed by atoms with E-state index in [4.69, 9.17) is 9.47 Å². The molecule has 32 heavy (non-hydrogen) atoms. The maximum atomic E-state index is 13.9. The quantitative estimate of drug-likeness (QED) is 0.506. The van der Waals surface area contributed by atoms with Gasteiger partial charge in [-0.15, -0.1) is 0 Å². The first-order valence-electron chi connectivity index (χ1n) is 10.3. The molecule has 8 heteroatoms. The van der Waals surface area contributed by atoms with Gasteiger partial charge in [0.15, 0.2) is 0 Å². The topological polar surface area (TPSA) is 82.5 Å². The second-order valence-electron chi connectivity index (χ2n) is 9.52. The SMILES string of the molecule is Cc1ccc(NC(=O)OC(C)(C)C)c(-c2cc3cc(F)ccc3n2C(=O)OC(C)(C)C)n1. The Morgan fingerprint density at radius 1 is 0.969 bits per heavy atom. The Morgan fingerprint density at radius 2 is 1.62 bits per heavy atom. The number of aryl methyl sites for hydroxylation is 1. The zero-order valence-corrected chi connectivity index (χ0v) is 19.4. The van der Waals surface area contributed by atoms with Crippen molar-refractivity contribution in [2.45, 2.75) is 59.7 Å².